The van der Waals surface area contributed by atoms with Gasteiger partial charge < -0.3 is 0 Å². The van der Waals surface area contributed by atoms with Gasteiger partial charge in [0.2, 0.25) is 0 Å². The van der Waals surface area contributed by atoms with Gasteiger partial charge in [-0.2, -0.15) is 0 Å². The van der Waals surface area contributed by atoms with Gasteiger partial charge in [-0.05, 0) is 37.2 Å². The summed E-state index contributed by atoms with van der Waals surface area (Å²) in [6.07, 6.45) is 0.844. The number of ketones is 1. The van der Waals surface area contributed by atoms with Gasteiger partial charge in [0.15, 0.2) is 5.78 Å². The van der Waals surface area contributed by atoms with Gasteiger partial charge in [0, 0.05) is 36.2 Å². The maximum atomic E-state index is 13.5. The maximum Gasteiger partial charge on any atom is 0.160 e. The lowest BCUT2D eigenvalue weighted by Crippen LogP contribution is -2.32. The summed E-state index contributed by atoms with van der Waals surface area (Å²) in [5.74, 6) is -0.345. The topological polar surface area (TPSA) is 33.2 Å². The lowest BCUT2D eigenvalue weighted by molar-refractivity contribution is 0.101. The molecule has 1 aliphatic heterocycles. The van der Waals surface area contributed by atoms with Crippen LogP contribution in [-0.4, -0.2) is 28.8 Å². The number of nitrogens with zero attached hydrogens (tertiary/aromatic N) is 2. The molecule has 1 aromatic heterocycles. The van der Waals surface area contributed by atoms with Crippen LogP contribution in [0.3, 0.4) is 0 Å². The molecule has 0 bridgehead atoms. The lowest BCUT2D eigenvalue weighted by Gasteiger charge is -2.28. The Bertz CT molecular complexity index is 696. The van der Waals surface area contributed by atoms with Crippen LogP contribution in [-0.2, 0) is 13.0 Å². The predicted octanol–water partition coefficient (Wildman–Crippen LogP) is 2.95. The molecule has 104 valence electrons. The lowest BCUT2D eigenvalue weighted by atomic mass is 9.93. The highest BCUT2D eigenvalue weighted by Crippen LogP contribution is 2.28. The van der Waals surface area contributed by atoms with E-state index in [0.717, 1.165) is 37.3 Å². The number of pyridine rings is 1. The minimum Gasteiger partial charge on any atom is -0.299 e. The van der Waals surface area contributed by atoms with E-state index in [9.17, 15) is 9.18 Å². The normalized spacial score (nSPS) is 15.3. The molecule has 4 heteroatoms. The van der Waals surface area contributed by atoms with Crippen molar-refractivity contribution in [1.82, 2.24) is 9.88 Å². The first-order valence-corrected chi connectivity index (χ1v) is 6.94. The van der Waals surface area contributed by atoms with Crippen LogP contribution in [0.2, 0.25) is 0 Å². The molecule has 3 nitrogen and oxygen atoms in total. The number of rotatable bonds is 2. The van der Waals surface area contributed by atoms with Crippen LogP contribution < -0.4 is 0 Å². The zero-order chi connectivity index (χ0) is 14.3. The van der Waals surface area contributed by atoms with Gasteiger partial charge in [0.25, 0.3) is 0 Å². The average Bonchev–Trinajstić information content (AvgIpc) is 2.43. The van der Waals surface area contributed by atoms with E-state index in [1.165, 1.54) is 12.1 Å². The molecule has 0 aliphatic carbocycles. The van der Waals surface area contributed by atoms with E-state index in [4.69, 9.17) is 0 Å². The minimum absolute atomic E-state index is 0.0165. The average molecular weight is 272 g/mol. The number of likely N-dealkylation sites (N-methyl/N-ethyl adjacent to an activating group) is 1. The van der Waals surface area contributed by atoms with Crippen molar-refractivity contribution >= 4 is 16.7 Å². The molecule has 3 rings (SSSR count). The summed E-state index contributed by atoms with van der Waals surface area (Å²) in [5, 5.41) is 0.634. The third-order valence-corrected chi connectivity index (χ3v) is 3.98. The van der Waals surface area contributed by atoms with Crippen molar-refractivity contribution in [3.05, 3.63) is 40.8 Å². The second-order valence-corrected chi connectivity index (χ2v) is 5.25. The summed E-state index contributed by atoms with van der Waals surface area (Å²) in [5.41, 5.74) is 3.31. The number of halogens is 1. The first kappa shape index (κ1) is 13.2. The van der Waals surface area contributed by atoms with E-state index in [0.29, 0.717) is 16.5 Å². The molecule has 0 N–H and O–H groups in total. The molecular formula is C16H17FN2O. The fraction of sp³-hybridized carbons (Fsp3) is 0.375. The second kappa shape index (κ2) is 4.94. The first-order chi connectivity index (χ1) is 9.60. The van der Waals surface area contributed by atoms with E-state index in [2.05, 4.69) is 16.8 Å². The zero-order valence-corrected chi connectivity index (χ0v) is 11.7. The smallest absolute Gasteiger partial charge is 0.160 e. The van der Waals surface area contributed by atoms with Crippen LogP contribution >= 0.6 is 0 Å². The molecule has 0 atom stereocenters. The summed E-state index contributed by atoms with van der Waals surface area (Å²) in [7, 11) is 0. The molecule has 0 unspecified atom stereocenters. The van der Waals surface area contributed by atoms with Gasteiger partial charge in [0.1, 0.15) is 5.82 Å². The van der Waals surface area contributed by atoms with Crippen LogP contribution in [0, 0.1) is 5.82 Å². The van der Waals surface area contributed by atoms with E-state index < -0.39 is 0 Å². The van der Waals surface area contributed by atoms with Gasteiger partial charge in [0.05, 0.1) is 5.52 Å². The zero-order valence-electron chi connectivity index (χ0n) is 11.7. The summed E-state index contributed by atoms with van der Waals surface area (Å²) in [6.45, 7) is 6.27. The van der Waals surface area contributed by atoms with Gasteiger partial charge in [-0.15, -0.1) is 0 Å². The molecule has 2 heterocycles. The van der Waals surface area contributed by atoms with Crippen molar-refractivity contribution < 1.29 is 9.18 Å². The third kappa shape index (κ3) is 2.10. The molecule has 1 aliphatic rings. The number of hydrogen-bond acceptors (Lipinski definition) is 3. The number of carbonyl (C=O) groups is 1. The molecule has 0 spiro atoms. The van der Waals surface area contributed by atoms with Crippen molar-refractivity contribution in [3.63, 3.8) is 0 Å². The van der Waals surface area contributed by atoms with Gasteiger partial charge >= 0.3 is 0 Å². The van der Waals surface area contributed by atoms with E-state index in [-0.39, 0.29) is 11.6 Å². The molecule has 1 aromatic carbocycles. The molecular weight excluding hydrogens is 255 g/mol. The molecule has 0 radical (unpaired) electrons. The molecule has 20 heavy (non-hydrogen) atoms. The van der Waals surface area contributed by atoms with Gasteiger partial charge in [-0.25, -0.2) is 4.39 Å². The van der Waals surface area contributed by atoms with Gasteiger partial charge in [-0.1, -0.05) is 6.92 Å². The van der Waals surface area contributed by atoms with Crippen LogP contribution in [0.5, 0.6) is 0 Å². The Morgan fingerprint density at radius 1 is 1.45 bits per heavy atom. The van der Waals surface area contributed by atoms with Gasteiger partial charge in [-0.3, -0.25) is 14.7 Å². The van der Waals surface area contributed by atoms with Crippen LogP contribution in [0.15, 0.2) is 18.2 Å². The Morgan fingerprint density at radius 2 is 2.25 bits per heavy atom. The fourth-order valence-electron chi connectivity index (χ4n) is 2.94. The largest absolute Gasteiger partial charge is 0.299 e. The Labute approximate surface area is 117 Å². The Kier molecular flexibility index (Phi) is 3.26. The predicted molar refractivity (Wildman–Crippen MR) is 76.4 cm³/mol. The molecule has 0 amide bonds. The van der Waals surface area contributed by atoms with Crippen LogP contribution in [0.1, 0.15) is 35.5 Å². The Balaban J connectivity index is 2.30. The fourth-order valence-corrected chi connectivity index (χ4v) is 2.94. The SMILES string of the molecule is CCN1CCc2nc3ccc(F)cc3c(C(C)=O)c2C1. The standard InChI is InChI=1S/C16H17FN2O/c1-3-19-7-6-15-13(9-19)16(10(2)20)12-8-11(17)4-5-14(12)18-15/h4-5,8H,3,6-7,9H2,1-2H3. The highest BCUT2D eigenvalue weighted by molar-refractivity contribution is 6.07. The van der Waals surface area contributed by atoms with Crippen LogP contribution in [0.25, 0.3) is 10.9 Å². The number of fused-ring (bicyclic) bond motifs is 2. The first-order valence-electron chi connectivity index (χ1n) is 6.94. The highest BCUT2D eigenvalue weighted by atomic mass is 19.1. The van der Waals surface area contributed by atoms with Crippen molar-refractivity contribution in [2.24, 2.45) is 0 Å². The second-order valence-electron chi connectivity index (χ2n) is 5.25. The molecule has 0 saturated heterocycles. The number of benzene rings is 1. The van der Waals surface area contributed by atoms with Crippen molar-refractivity contribution in [1.29, 1.82) is 0 Å². The number of hydrogen-bond donors (Lipinski definition) is 0. The number of Topliss-reactive ketones (excluding diaryl/α,β-unsaturated/α-hetero) is 1. The molecule has 2 aromatic rings. The molecule has 0 saturated carbocycles. The molecule has 0 fully saturated rings. The third-order valence-electron chi connectivity index (χ3n) is 3.98. The van der Waals surface area contributed by atoms with E-state index in [1.54, 1.807) is 13.0 Å². The summed E-state index contributed by atoms with van der Waals surface area (Å²) in [4.78, 5) is 19.0. The van der Waals surface area contributed by atoms with E-state index in [1.807, 2.05) is 0 Å². The summed E-state index contributed by atoms with van der Waals surface area (Å²) < 4.78 is 13.5. The monoisotopic (exact) mass is 272 g/mol. The van der Waals surface area contributed by atoms with Crippen molar-refractivity contribution in [3.8, 4) is 0 Å². The van der Waals surface area contributed by atoms with Crippen molar-refractivity contribution in [2.75, 3.05) is 13.1 Å². The van der Waals surface area contributed by atoms with Crippen LogP contribution in [0.4, 0.5) is 4.39 Å². The maximum absolute atomic E-state index is 13.5. The Hall–Kier alpha value is -1.81. The number of aromatic nitrogens is 1. The van der Waals surface area contributed by atoms with Crippen molar-refractivity contribution in [2.45, 2.75) is 26.8 Å². The quantitative estimate of drug-likeness (QED) is 0.788. The summed E-state index contributed by atoms with van der Waals surface area (Å²) >= 11 is 0. The minimum atomic E-state index is -0.329. The van der Waals surface area contributed by atoms with E-state index >= 15 is 0 Å². The Morgan fingerprint density at radius 3 is 2.95 bits per heavy atom. The highest BCUT2D eigenvalue weighted by Gasteiger charge is 2.23. The summed E-state index contributed by atoms with van der Waals surface area (Å²) in [6, 6.07) is 4.47. The number of carbonyl (C=O) groups excluding carboxylic acids is 1.